The number of methoxy groups -OCH3 is 1. The second kappa shape index (κ2) is 6.40. The first-order valence-corrected chi connectivity index (χ1v) is 8.02. The molecule has 170 valence electrons. The predicted molar refractivity (Wildman–Crippen MR) is 75.4 cm³/mol. The Morgan fingerprint density at radius 2 is 1.23 bits per heavy atom. The first kappa shape index (κ1) is 24.1. The summed E-state index contributed by atoms with van der Waals surface area (Å²) >= 11 is -0.0141. The van der Waals surface area contributed by atoms with Gasteiger partial charge in [-0.15, -0.1) is 0 Å². The van der Waals surface area contributed by atoms with Gasteiger partial charge in [0.1, 0.15) is 4.88 Å². The number of aromatic nitrogens is 1. The third-order valence-corrected chi connectivity index (χ3v) is 5.20. The summed E-state index contributed by atoms with van der Waals surface area (Å²) in [5, 5.41) is -0.327. The summed E-state index contributed by atoms with van der Waals surface area (Å²) in [7, 11) is 0.851. The Kier molecular flexibility index (Phi) is 5.13. The standard InChI is InChI=1S/C13H7F11N2O3S/c1-3-4(5(27)29-2)30-7(25-3)26-6(28)8(14)9(15,16)11(19,20)13(23,24)12(21,22)10(8,17)18/h1-2H3,(H,25,26,28). The molecule has 2 rings (SSSR count). The van der Waals surface area contributed by atoms with Crippen LogP contribution in [0.5, 0.6) is 0 Å². The quantitative estimate of drug-likeness (QED) is 0.523. The number of ether oxygens (including phenoxy) is 1. The van der Waals surface area contributed by atoms with E-state index in [1.807, 2.05) is 0 Å². The molecule has 1 heterocycles. The van der Waals surface area contributed by atoms with E-state index in [1.54, 1.807) is 0 Å². The molecular formula is C13H7F11N2O3S. The topological polar surface area (TPSA) is 68.3 Å². The minimum absolute atomic E-state index is 0.0141. The number of thiazole rings is 1. The Hall–Kier alpha value is -2.20. The third kappa shape index (κ3) is 2.49. The number of esters is 1. The fraction of sp³-hybridized carbons (Fsp3) is 0.615. The molecule has 1 aromatic rings. The molecule has 5 nitrogen and oxygen atoms in total. The van der Waals surface area contributed by atoms with Crippen molar-refractivity contribution in [2.75, 3.05) is 12.4 Å². The summed E-state index contributed by atoms with van der Waals surface area (Å²) in [6.07, 6.45) is 0. The highest BCUT2D eigenvalue weighted by Crippen LogP contribution is 2.69. The highest BCUT2D eigenvalue weighted by Gasteiger charge is 3.02. The van der Waals surface area contributed by atoms with Crippen LogP contribution in [-0.2, 0) is 9.53 Å². The van der Waals surface area contributed by atoms with Crippen molar-refractivity contribution in [3.63, 3.8) is 0 Å². The molecule has 1 aliphatic rings. The number of anilines is 1. The van der Waals surface area contributed by atoms with Crippen LogP contribution < -0.4 is 5.32 Å². The maximum Gasteiger partial charge on any atom is 0.384 e. The number of carbonyl (C=O) groups excluding carboxylic acids is 2. The molecule has 1 aromatic heterocycles. The van der Waals surface area contributed by atoms with Crippen molar-refractivity contribution >= 4 is 28.3 Å². The van der Waals surface area contributed by atoms with Crippen LogP contribution in [0.2, 0.25) is 0 Å². The van der Waals surface area contributed by atoms with E-state index < -0.39 is 57.2 Å². The van der Waals surface area contributed by atoms with Gasteiger partial charge in [0.05, 0.1) is 12.8 Å². The molecule has 0 aliphatic heterocycles. The van der Waals surface area contributed by atoms with Crippen molar-refractivity contribution in [1.82, 2.24) is 4.98 Å². The zero-order valence-electron chi connectivity index (χ0n) is 14.2. The molecule has 0 unspecified atom stereocenters. The Morgan fingerprint density at radius 3 is 1.63 bits per heavy atom. The number of rotatable bonds is 3. The number of carbonyl (C=O) groups is 2. The van der Waals surface area contributed by atoms with Crippen LogP contribution in [0.15, 0.2) is 0 Å². The van der Waals surface area contributed by atoms with Crippen LogP contribution in [0, 0.1) is 6.92 Å². The van der Waals surface area contributed by atoms with E-state index >= 15 is 0 Å². The third-order valence-electron chi connectivity index (χ3n) is 4.14. The lowest BCUT2D eigenvalue weighted by molar-refractivity contribution is -0.475. The average Bonchev–Trinajstić information content (AvgIpc) is 2.98. The van der Waals surface area contributed by atoms with Crippen molar-refractivity contribution in [1.29, 1.82) is 0 Å². The second-order valence-electron chi connectivity index (χ2n) is 5.91. The van der Waals surface area contributed by atoms with Crippen molar-refractivity contribution in [2.24, 2.45) is 0 Å². The van der Waals surface area contributed by atoms with Crippen LogP contribution in [0.3, 0.4) is 0 Å². The van der Waals surface area contributed by atoms with Gasteiger partial charge in [-0.1, -0.05) is 11.3 Å². The van der Waals surface area contributed by atoms with Gasteiger partial charge >= 0.3 is 41.3 Å². The van der Waals surface area contributed by atoms with E-state index in [2.05, 4.69) is 9.72 Å². The molecule has 0 radical (unpaired) electrons. The number of amides is 1. The van der Waals surface area contributed by atoms with Gasteiger partial charge in [-0.05, 0) is 6.92 Å². The predicted octanol–water partition coefficient (Wildman–Crippen LogP) is 4.08. The van der Waals surface area contributed by atoms with Crippen LogP contribution in [0.25, 0.3) is 0 Å². The molecule has 1 fully saturated rings. The fourth-order valence-electron chi connectivity index (χ4n) is 2.42. The van der Waals surface area contributed by atoms with Gasteiger partial charge in [0.25, 0.3) is 5.91 Å². The molecule has 1 aliphatic carbocycles. The number of hydrogen-bond acceptors (Lipinski definition) is 5. The van der Waals surface area contributed by atoms with E-state index in [4.69, 9.17) is 0 Å². The maximum atomic E-state index is 14.6. The Bertz CT molecular complexity index is 869. The Morgan fingerprint density at radius 1 is 0.833 bits per heavy atom. The molecule has 1 amide bonds. The smallest absolute Gasteiger partial charge is 0.384 e. The summed E-state index contributed by atoms with van der Waals surface area (Å²) in [6, 6.07) is 0. The minimum atomic E-state index is -7.43. The van der Waals surface area contributed by atoms with E-state index in [1.165, 1.54) is 0 Å². The van der Waals surface area contributed by atoms with Crippen molar-refractivity contribution in [2.45, 2.75) is 42.2 Å². The van der Waals surface area contributed by atoms with E-state index in [9.17, 15) is 57.9 Å². The minimum Gasteiger partial charge on any atom is -0.465 e. The lowest BCUT2D eigenvalue weighted by Gasteiger charge is -2.51. The number of nitrogens with zero attached hydrogens (tertiary/aromatic N) is 1. The molecule has 1 N–H and O–H groups in total. The molecule has 0 bridgehead atoms. The van der Waals surface area contributed by atoms with Gasteiger partial charge in [0.2, 0.25) is 0 Å². The molecule has 0 atom stereocenters. The molecule has 17 heteroatoms. The molecule has 1 saturated carbocycles. The Labute approximate surface area is 162 Å². The first-order chi connectivity index (χ1) is 13.3. The summed E-state index contributed by atoms with van der Waals surface area (Å²) in [6.45, 7) is 1.02. The van der Waals surface area contributed by atoms with Crippen LogP contribution in [0.1, 0.15) is 15.4 Å². The van der Waals surface area contributed by atoms with Gasteiger partial charge < -0.3 is 4.74 Å². The molecule has 0 saturated heterocycles. The lowest BCUT2D eigenvalue weighted by atomic mass is 9.71. The summed E-state index contributed by atoms with van der Waals surface area (Å²) in [4.78, 5) is 25.9. The van der Waals surface area contributed by atoms with Gasteiger partial charge in [-0.25, -0.2) is 14.2 Å². The van der Waals surface area contributed by atoms with Gasteiger partial charge in [-0.3, -0.25) is 10.1 Å². The molecular weight excluding hydrogens is 473 g/mol. The SMILES string of the molecule is COC(=O)c1sc(NC(=O)C2(F)C(F)(F)C(F)(F)C(F)(F)C(F)(F)C2(F)F)nc1C. The summed E-state index contributed by atoms with van der Waals surface area (Å²) in [5.41, 5.74) is -7.20. The van der Waals surface area contributed by atoms with Crippen LogP contribution in [-0.4, -0.2) is 59.3 Å². The lowest BCUT2D eigenvalue weighted by Crippen LogP contribution is -2.86. The average molecular weight is 480 g/mol. The summed E-state index contributed by atoms with van der Waals surface area (Å²) < 4.78 is 154. The highest BCUT2D eigenvalue weighted by molar-refractivity contribution is 7.17. The monoisotopic (exact) mass is 480 g/mol. The second-order valence-corrected chi connectivity index (χ2v) is 6.91. The maximum absolute atomic E-state index is 14.6. The van der Waals surface area contributed by atoms with Gasteiger partial charge in [0, 0.05) is 0 Å². The van der Waals surface area contributed by atoms with Crippen LogP contribution >= 0.6 is 11.3 Å². The van der Waals surface area contributed by atoms with E-state index in [-0.39, 0.29) is 17.0 Å². The summed E-state index contributed by atoms with van der Waals surface area (Å²) in [5.74, 6) is -41.5. The van der Waals surface area contributed by atoms with Gasteiger partial charge in [-0.2, -0.15) is 43.9 Å². The first-order valence-electron chi connectivity index (χ1n) is 7.20. The number of nitrogens with one attached hydrogen (secondary N) is 1. The van der Waals surface area contributed by atoms with Crippen LogP contribution in [0.4, 0.5) is 53.4 Å². The molecule has 30 heavy (non-hydrogen) atoms. The number of aryl methyl sites for hydroxylation is 1. The largest absolute Gasteiger partial charge is 0.465 e. The highest BCUT2D eigenvalue weighted by atomic mass is 32.1. The van der Waals surface area contributed by atoms with Crippen molar-refractivity contribution in [3.8, 4) is 0 Å². The van der Waals surface area contributed by atoms with Gasteiger partial charge in [0.15, 0.2) is 5.13 Å². The number of hydrogen-bond donors (Lipinski definition) is 1. The normalized spacial score (nSPS) is 24.7. The zero-order valence-corrected chi connectivity index (χ0v) is 15.1. The van der Waals surface area contributed by atoms with E-state index in [0.29, 0.717) is 0 Å². The fourth-order valence-corrected chi connectivity index (χ4v) is 3.30. The number of halogens is 11. The molecule has 0 spiro atoms. The molecule has 0 aromatic carbocycles. The van der Waals surface area contributed by atoms with Crippen molar-refractivity contribution in [3.05, 3.63) is 10.6 Å². The Balaban J connectivity index is 2.63. The van der Waals surface area contributed by atoms with Crippen molar-refractivity contribution < 1.29 is 62.6 Å². The number of alkyl halides is 11. The van der Waals surface area contributed by atoms with E-state index in [0.717, 1.165) is 19.4 Å². The zero-order chi connectivity index (χ0) is 23.7.